The van der Waals surface area contributed by atoms with Crippen LogP contribution in [0.15, 0.2) is 33.2 Å². The Morgan fingerprint density at radius 2 is 1.89 bits per heavy atom. The number of nitrogens with one attached hydrogen (secondary N) is 1. The van der Waals surface area contributed by atoms with Gasteiger partial charge in [0.2, 0.25) is 5.17 Å². The quantitative estimate of drug-likeness (QED) is 0.744. The number of fused-ring (bicyclic) bond motifs is 1. The Kier molecular flexibility index (Phi) is 3.39. The molecule has 4 saturated carbocycles. The first-order valence-electron chi connectivity index (χ1n) is 9.64. The molecule has 1 aromatic rings. The number of amides is 1. The first-order chi connectivity index (χ1) is 13.1. The predicted octanol–water partition coefficient (Wildman–Crippen LogP) is 4.58. The van der Waals surface area contributed by atoms with Gasteiger partial charge in [0.05, 0.1) is 5.57 Å². The maximum atomic E-state index is 12.5. The molecule has 1 aromatic heterocycles. The number of hydrogen-bond acceptors (Lipinski definition) is 5. The van der Waals surface area contributed by atoms with Gasteiger partial charge in [-0.05, 0) is 85.6 Å². The van der Waals surface area contributed by atoms with Crippen molar-refractivity contribution in [3.63, 3.8) is 0 Å². The number of nitrogens with zero attached hydrogens (tertiary/aromatic N) is 3. The minimum atomic E-state index is -0.325. The lowest BCUT2D eigenvalue weighted by molar-refractivity contribution is -0.114. The summed E-state index contributed by atoms with van der Waals surface area (Å²) in [6.07, 6.45) is 9.62. The Morgan fingerprint density at radius 1 is 1.19 bits per heavy atom. The number of rotatable bonds is 2. The van der Waals surface area contributed by atoms with Crippen LogP contribution >= 0.6 is 23.1 Å². The second-order valence-electron chi connectivity index (χ2n) is 8.64. The molecule has 7 rings (SSSR count). The summed E-state index contributed by atoms with van der Waals surface area (Å²) in [5.41, 5.74) is 0.498. The van der Waals surface area contributed by atoms with Crippen LogP contribution in [-0.2, 0) is 4.79 Å². The summed E-state index contributed by atoms with van der Waals surface area (Å²) in [7, 11) is 0. The molecule has 7 heteroatoms. The molecule has 4 bridgehead atoms. The number of carbonyl (C=O) groups excluding carboxylic acids is 1. The molecule has 0 spiro atoms. The molecule has 0 atom stereocenters. The first-order valence-corrected chi connectivity index (χ1v) is 11.3. The molecule has 0 saturated heterocycles. The molecule has 3 heterocycles. The van der Waals surface area contributed by atoms with Gasteiger partial charge in [-0.1, -0.05) is 6.07 Å². The summed E-state index contributed by atoms with van der Waals surface area (Å²) in [4.78, 5) is 17.8. The smallest absolute Gasteiger partial charge is 0.282 e. The molecule has 1 N–H and O–H groups in total. The van der Waals surface area contributed by atoms with E-state index in [1.807, 2.05) is 17.5 Å². The summed E-state index contributed by atoms with van der Waals surface area (Å²) < 4.78 is 0. The van der Waals surface area contributed by atoms with Crippen LogP contribution in [0.25, 0.3) is 6.08 Å². The number of hydrogen-bond donors (Lipinski definition) is 1. The van der Waals surface area contributed by atoms with Gasteiger partial charge in [-0.3, -0.25) is 10.2 Å². The lowest BCUT2D eigenvalue weighted by Crippen LogP contribution is -2.49. The molecule has 0 unspecified atom stereocenters. The van der Waals surface area contributed by atoms with Crippen LogP contribution in [0.1, 0.15) is 43.4 Å². The van der Waals surface area contributed by atoms with E-state index in [-0.39, 0.29) is 17.2 Å². The molecule has 0 aromatic carbocycles. The zero-order chi connectivity index (χ0) is 18.2. The summed E-state index contributed by atoms with van der Waals surface area (Å²) in [5, 5.41) is 18.7. The number of hydrazone groups is 1. The largest absolute Gasteiger partial charge is 0.283 e. The Balaban J connectivity index is 1.35. The van der Waals surface area contributed by atoms with Crippen LogP contribution in [0.4, 0.5) is 0 Å². The van der Waals surface area contributed by atoms with Crippen LogP contribution in [-0.4, -0.2) is 27.0 Å². The fourth-order valence-electron chi connectivity index (χ4n) is 6.09. The minimum Gasteiger partial charge on any atom is -0.282 e. The van der Waals surface area contributed by atoms with Crippen molar-refractivity contribution >= 4 is 51.1 Å². The Labute approximate surface area is 166 Å². The lowest BCUT2D eigenvalue weighted by atomic mass is 9.50. The van der Waals surface area contributed by atoms with Crippen molar-refractivity contribution in [2.24, 2.45) is 33.3 Å². The molecular formula is C20H20N4OS2. The second kappa shape index (κ2) is 5.64. The summed E-state index contributed by atoms with van der Waals surface area (Å²) in [6, 6.07) is 3.89. The van der Waals surface area contributed by atoms with Gasteiger partial charge in [-0.25, -0.2) is 0 Å². The Morgan fingerprint density at radius 3 is 2.52 bits per heavy atom. The number of thioether (sulfide) groups is 1. The van der Waals surface area contributed by atoms with Crippen molar-refractivity contribution in [2.75, 3.05) is 0 Å². The molecule has 4 aliphatic carbocycles. The van der Waals surface area contributed by atoms with Gasteiger partial charge in [0.1, 0.15) is 5.04 Å². The molecule has 138 valence electrons. The van der Waals surface area contributed by atoms with E-state index >= 15 is 0 Å². The highest BCUT2D eigenvalue weighted by molar-refractivity contribution is 8.27. The summed E-state index contributed by atoms with van der Waals surface area (Å²) >= 11 is 3.09. The molecule has 4 fully saturated rings. The fourth-order valence-corrected chi connectivity index (χ4v) is 7.86. The van der Waals surface area contributed by atoms with E-state index < -0.39 is 0 Å². The highest BCUT2D eigenvalue weighted by atomic mass is 32.2. The van der Waals surface area contributed by atoms with Crippen LogP contribution in [0, 0.1) is 28.6 Å². The molecule has 1 amide bonds. The zero-order valence-corrected chi connectivity index (χ0v) is 16.5. The third kappa shape index (κ3) is 2.44. The van der Waals surface area contributed by atoms with Gasteiger partial charge in [-0.15, -0.1) is 11.3 Å². The van der Waals surface area contributed by atoms with Crippen LogP contribution in [0.2, 0.25) is 0 Å². The normalized spacial score (nSPS) is 38.4. The molecule has 2 aliphatic heterocycles. The van der Waals surface area contributed by atoms with E-state index in [0.717, 1.165) is 27.7 Å². The maximum Gasteiger partial charge on any atom is 0.283 e. The van der Waals surface area contributed by atoms with E-state index in [9.17, 15) is 4.79 Å². The van der Waals surface area contributed by atoms with Gasteiger partial charge in [0.25, 0.3) is 5.91 Å². The van der Waals surface area contributed by atoms with Crippen molar-refractivity contribution < 1.29 is 4.79 Å². The average Bonchev–Trinajstić information content (AvgIpc) is 3.27. The number of thiophene rings is 1. The summed E-state index contributed by atoms with van der Waals surface area (Å²) in [5.74, 6) is 2.36. The Bertz CT molecular complexity index is 908. The monoisotopic (exact) mass is 396 g/mol. The molecular weight excluding hydrogens is 376 g/mol. The summed E-state index contributed by atoms with van der Waals surface area (Å²) in [6.45, 7) is 0. The SMILES string of the molecule is N=C1C(=Cc2cccs2)C(=O)N=C2SC(C34CC5CC(CC(C5)C3)C4)=NN12. The average molecular weight is 397 g/mol. The molecule has 5 nitrogen and oxygen atoms in total. The van der Waals surface area contributed by atoms with E-state index in [4.69, 9.17) is 10.5 Å². The number of carbonyl (C=O) groups is 1. The predicted molar refractivity (Wildman–Crippen MR) is 110 cm³/mol. The third-order valence-corrected chi connectivity index (χ3v) is 8.75. The van der Waals surface area contributed by atoms with Gasteiger partial charge < -0.3 is 0 Å². The van der Waals surface area contributed by atoms with E-state index in [2.05, 4.69) is 4.99 Å². The standard InChI is InChI=1S/C20H20N4OS2/c21-16-15(7-14-2-1-3-26-14)17(25)22-19-24(16)23-18(27-19)20-8-11-4-12(9-20)6-13(5-11)10-20/h1-3,7,11-13,21H,4-6,8-10H2. The number of amidine groups is 2. The molecule has 6 aliphatic rings. The van der Waals surface area contributed by atoms with Crippen molar-refractivity contribution in [3.05, 3.63) is 28.0 Å². The van der Waals surface area contributed by atoms with Crippen molar-refractivity contribution in [3.8, 4) is 0 Å². The van der Waals surface area contributed by atoms with Gasteiger partial charge in [-0.2, -0.15) is 15.1 Å². The van der Waals surface area contributed by atoms with Gasteiger partial charge in [0.15, 0.2) is 5.84 Å². The maximum absolute atomic E-state index is 12.5. The second-order valence-corrected chi connectivity index (χ2v) is 10.6. The van der Waals surface area contributed by atoms with Crippen LogP contribution in [0.5, 0.6) is 0 Å². The van der Waals surface area contributed by atoms with E-state index in [0.29, 0.717) is 10.7 Å². The first kappa shape index (κ1) is 16.2. The fraction of sp³-hybridized carbons (Fsp3) is 0.500. The molecule has 27 heavy (non-hydrogen) atoms. The van der Waals surface area contributed by atoms with Gasteiger partial charge >= 0.3 is 0 Å². The highest BCUT2D eigenvalue weighted by Gasteiger charge is 2.55. The van der Waals surface area contributed by atoms with E-state index in [1.165, 1.54) is 38.5 Å². The lowest BCUT2D eigenvalue weighted by Gasteiger charge is -2.56. The minimum absolute atomic E-state index is 0.158. The van der Waals surface area contributed by atoms with Crippen molar-refractivity contribution in [1.82, 2.24) is 5.01 Å². The highest BCUT2D eigenvalue weighted by Crippen LogP contribution is 2.62. The van der Waals surface area contributed by atoms with Gasteiger partial charge in [0, 0.05) is 10.3 Å². The van der Waals surface area contributed by atoms with Crippen LogP contribution in [0.3, 0.4) is 0 Å². The topological polar surface area (TPSA) is 68.9 Å². The van der Waals surface area contributed by atoms with Crippen molar-refractivity contribution in [2.45, 2.75) is 38.5 Å². The zero-order valence-electron chi connectivity index (χ0n) is 14.9. The molecule has 0 radical (unpaired) electrons. The third-order valence-electron chi connectivity index (χ3n) is 6.78. The number of aliphatic imine (C=N–C) groups is 1. The van der Waals surface area contributed by atoms with Crippen molar-refractivity contribution in [1.29, 1.82) is 5.41 Å². The van der Waals surface area contributed by atoms with Crippen LogP contribution < -0.4 is 0 Å². The Hall–Kier alpha value is -1.73. The van der Waals surface area contributed by atoms with E-state index in [1.54, 1.807) is 34.2 Å².